The summed E-state index contributed by atoms with van der Waals surface area (Å²) in [6.07, 6.45) is 5.34. The van der Waals surface area contributed by atoms with Crippen molar-refractivity contribution >= 4 is 0 Å². The van der Waals surface area contributed by atoms with Gasteiger partial charge in [0.25, 0.3) is 0 Å². The van der Waals surface area contributed by atoms with Crippen LogP contribution in [-0.4, -0.2) is 31.1 Å². The van der Waals surface area contributed by atoms with E-state index in [1.54, 1.807) is 0 Å². The van der Waals surface area contributed by atoms with Gasteiger partial charge in [-0.25, -0.2) is 0 Å². The van der Waals surface area contributed by atoms with Crippen molar-refractivity contribution in [2.75, 3.05) is 26.2 Å². The zero-order chi connectivity index (χ0) is 11.3. The second-order valence-electron chi connectivity index (χ2n) is 6.00. The Bertz CT molecular complexity index is 169. The van der Waals surface area contributed by atoms with Gasteiger partial charge in [0.05, 0.1) is 0 Å². The highest BCUT2D eigenvalue weighted by molar-refractivity contribution is 4.73. The minimum Gasteiger partial charge on any atom is -0.330 e. The Morgan fingerprint density at radius 1 is 1.27 bits per heavy atom. The van der Waals surface area contributed by atoms with E-state index in [9.17, 15) is 0 Å². The van der Waals surface area contributed by atoms with Crippen molar-refractivity contribution in [2.45, 2.75) is 46.5 Å². The minimum absolute atomic E-state index is 0.336. The highest BCUT2D eigenvalue weighted by Gasteiger charge is 2.18. The SMILES string of the molecule is CC1CCN(CCCC(C)(C)CN)CC1. The molecular weight excluding hydrogens is 184 g/mol. The molecule has 0 aromatic heterocycles. The smallest absolute Gasteiger partial charge is 0.00162 e. The number of hydrogen-bond acceptors (Lipinski definition) is 2. The quantitative estimate of drug-likeness (QED) is 0.758. The molecule has 0 spiro atoms. The number of nitrogens with two attached hydrogens (primary N) is 1. The van der Waals surface area contributed by atoms with E-state index in [-0.39, 0.29) is 0 Å². The molecule has 0 amide bonds. The van der Waals surface area contributed by atoms with Crippen LogP contribution in [0, 0.1) is 11.3 Å². The number of hydrogen-bond donors (Lipinski definition) is 1. The Hall–Kier alpha value is -0.0800. The fourth-order valence-electron chi connectivity index (χ4n) is 2.17. The predicted octanol–water partition coefficient (Wildman–Crippen LogP) is 2.48. The van der Waals surface area contributed by atoms with Gasteiger partial charge in [0.2, 0.25) is 0 Å². The lowest BCUT2D eigenvalue weighted by Crippen LogP contribution is -2.34. The molecule has 0 aromatic carbocycles. The lowest BCUT2D eigenvalue weighted by atomic mass is 9.88. The highest BCUT2D eigenvalue weighted by Crippen LogP contribution is 2.22. The molecule has 2 heteroatoms. The first-order valence-electron chi connectivity index (χ1n) is 6.46. The Kier molecular flexibility index (Phi) is 5.07. The average Bonchev–Trinajstić information content (AvgIpc) is 2.21. The van der Waals surface area contributed by atoms with E-state index >= 15 is 0 Å². The number of nitrogens with zero attached hydrogens (tertiary/aromatic N) is 1. The summed E-state index contributed by atoms with van der Waals surface area (Å²) in [4.78, 5) is 2.62. The standard InChI is InChI=1S/C13H28N2/c1-12-5-9-15(10-6-12)8-4-7-13(2,3)11-14/h12H,4-11,14H2,1-3H3. The summed E-state index contributed by atoms with van der Waals surface area (Å²) in [6, 6.07) is 0. The molecule has 1 aliphatic heterocycles. The van der Waals surface area contributed by atoms with Crippen LogP contribution < -0.4 is 5.73 Å². The van der Waals surface area contributed by atoms with E-state index in [2.05, 4.69) is 25.7 Å². The van der Waals surface area contributed by atoms with Crippen LogP contribution in [0.4, 0.5) is 0 Å². The molecule has 90 valence electrons. The average molecular weight is 212 g/mol. The van der Waals surface area contributed by atoms with Crippen molar-refractivity contribution < 1.29 is 0 Å². The van der Waals surface area contributed by atoms with Crippen LogP contribution in [0.3, 0.4) is 0 Å². The lowest BCUT2D eigenvalue weighted by molar-refractivity contribution is 0.180. The van der Waals surface area contributed by atoms with Crippen LogP contribution in [0.2, 0.25) is 0 Å². The lowest BCUT2D eigenvalue weighted by Gasteiger charge is -2.31. The third-order valence-electron chi connectivity index (χ3n) is 3.76. The summed E-state index contributed by atoms with van der Waals surface area (Å²) >= 11 is 0. The number of piperidine rings is 1. The summed E-state index contributed by atoms with van der Waals surface area (Å²) in [7, 11) is 0. The molecule has 0 aromatic rings. The number of likely N-dealkylation sites (tertiary alicyclic amines) is 1. The van der Waals surface area contributed by atoms with Crippen LogP contribution >= 0.6 is 0 Å². The van der Waals surface area contributed by atoms with Crippen molar-refractivity contribution in [3.05, 3.63) is 0 Å². The molecule has 1 heterocycles. The molecular formula is C13H28N2. The van der Waals surface area contributed by atoms with E-state index in [1.807, 2.05) is 0 Å². The van der Waals surface area contributed by atoms with Gasteiger partial charge in [0, 0.05) is 0 Å². The van der Waals surface area contributed by atoms with Crippen molar-refractivity contribution in [3.63, 3.8) is 0 Å². The van der Waals surface area contributed by atoms with Gasteiger partial charge in [-0.15, -0.1) is 0 Å². The molecule has 1 rings (SSSR count). The van der Waals surface area contributed by atoms with E-state index < -0.39 is 0 Å². The largest absolute Gasteiger partial charge is 0.330 e. The summed E-state index contributed by atoms with van der Waals surface area (Å²) < 4.78 is 0. The second-order valence-corrected chi connectivity index (χ2v) is 6.00. The van der Waals surface area contributed by atoms with Gasteiger partial charge >= 0.3 is 0 Å². The van der Waals surface area contributed by atoms with Crippen LogP contribution in [0.5, 0.6) is 0 Å². The molecule has 1 fully saturated rings. The first kappa shape index (κ1) is 13.0. The van der Waals surface area contributed by atoms with Gasteiger partial charge < -0.3 is 10.6 Å². The van der Waals surface area contributed by atoms with Crippen molar-refractivity contribution in [1.29, 1.82) is 0 Å². The van der Waals surface area contributed by atoms with Crippen LogP contribution in [0.15, 0.2) is 0 Å². The molecule has 1 saturated heterocycles. The van der Waals surface area contributed by atoms with E-state index in [4.69, 9.17) is 5.73 Å². The van der Waals surface area contributed by atoms with Crippen LogP contribution in [0.25, 0.3) is 0 Å². The van der Waals surface area contributed by atoms with Gasteiger partial charge in [-0.05, 0) is 63.2 Å². The molecule has 2 N–H and O–H groups in total. The van der Waals surface area contributed by atoms with Crippen LogP contribution in [-0.2, 0) is 0 Å². The molecule has 0 bridgehead atoms. The Morgan fingerprint density at radius 3 is 2.40 bits per heavy atom. The van der Waals surface area contributed by atoms with E-state index in [1.165, 1.54) is 45.3 Å². The van der Waals surface area contributed by atoms with Crippen molar-refractivity contribution in [1.82, 2.24) is 4.90 Å². The van der Waals surface area contributed by atoms with Gasteiger partial charge in [0.15, 0.2) is 0 Å². The Morgan fingerprint density at radius 2 is 1.87 bits per heavy atom. The Balaban J connectivity index is 2.10. The predicted molar refractivity (Wildman–Crippen MR) is 66.9 cm³/mol. The molecule has 0 unspecified atom stereocenters. The molecule has 0 saturated carbocycles. The van der Waals surface area contributed by atoms with Gasteiger partial charge in [-0.2, -0.15) is 0 Å². The summed E-state index contributed by atoms with van der Waals surface area (Å²) in [5, 5.41) is 0. The summed E-state index contributed by atoms with van der Waals surface area (Å²) in [5.74, 6) is 0.946. The topological polar surface area (TPSA) is 29.3 Å². The normalized spacial score (nSPS) is 20.8. The van der Waals surface area contributed by atoms with Gasteiger partial charge in [0.1, 0.15) is 0 Å². The molecule has 0 atom stereocenters. The molecule has 15 heavy (non-hydrogen) atoms. The van der Waals surface area contributed by atoms with Crippen molar-refractivity contribution in [2.24, 2.45) is 17.1 Å². The summed E-state index contributed by atoms with van der Waals surface area (Å²) in [5.41, 5.74) is 6.07. The molecule has 0 aliphatic carbocycles. The third kappa shape index (κ3) is 4.98. The minimum atomic E-state index is 0.336. The second kappa shape index (κ2) is 5.86. The maximum atomic E-state index is 5.73. The van der Waals surface area contributed by atoms with Gasteiger partial charge in [-0.3, -0.25) is 0 Å². The molecule has 2 nitrogen and oxygen atoms in total. The molecule has 0 radical (unpaired) electrons. The fraction of sp³-hybridized carbons (Fsp3) is 1.00. The highest BCUT2D eigenvalue weighted by atomic mass is 15.1. The zero-order valence-corrected chi connectivity index (χ0v) is 10.8. The van der Waals surface area contributed by atoms with Crippen molar-refractivity contribution in [3.8, 4) is 0 Å². The monoisotopic (exact) mass is 212 g/mol. The maximum Gasteiger partial charge on any atom is -0.00162 e. The number of rotatable bonds is 5. The first-order valence-corrected chi connectivity index (χ1v) is 6.46. The maximum absolute atomic E-state index is 5.73. The van der Waals surface area contributed by atoms with E-state index in [0.717, 1.165) is 12.5 Å². The van der Waals surface area contributed by atoms with Crippen LogP contribution in [0.1, 0.15) is 46.5 Å². The van der Waals surface area contributed by atoms with E-state index in [0.29, 0.717) is 5.41 Å². The van der Waals surface area contributed by atoms with Gasteiger partial charge in [-0.1, -0.05) is 20.8 Å². The third-order valence-corrected chi connectivity index (χ3v) is 3.76. The Labute approximate surface area is 95.2 Å². The summed E-state index contributed by atoms with van der Waals surface area (Å²) in [6.45, 7) is 11.6. The molecule has 1 aliphatic rings. The fourth-order valence-corrected chi connectivity index (χ4v) is 2.17. The zero-order valence-electron chi connectivity index (χ0n) is 10.8. The first-order chi connectivity index (χ1) is 7.03.